The Balaban J connectivity index is 2.06. The van der Waals surface area contributed by atoms with E-state index in [1.54, 1.807) is 0 Å². The van der Waals surface area contributed by atoms with Crippen molar-refractivity contribution in [2.24, 2.45) is 5.92 Å². The molecule has 1 heterocycles. The Kier molecular flexibility index (Phi) is 4.22. The largest absolute Gasteiger partial charge is 0.468 e. The number of carbonyl (C=O) groups excluding carboxylic acids is 1. The van der Waals surface area contributed by atoms with Crippen LogP contribution in [-0.4, -0.2) is 19.1 Å². The van der Waals surface area contributed by atoms with E-state index in [1.807, 2.05) is 44.2 Å². The van der Waals surface area contributed by atoms with E-state index in [0.29, 0.717) is 6.54 Å². The summed E-state index contributed by atoms with van der Waals surface area (Å²) in [5, 5.41) is 4.25. The van der Waals surface area contributed by atoms with Crippen LogP contribution in [-0.2, 0) is 16.1 Å². The summed E-state index contributed by atoms with van der Waals surface area (Å²) in [6.07, 6.45) is 0. The van der Waals surface area contributed by atoms with Gasteiger partial charge in [0.15, 0.2) is 0 Å². The van der Waals surface area contributed by atoms with Crippen molar-refractivity contribution in [1.29, 1.82) is 0 Å². The predicted octanol–water partition coefficient (Wildman–Crippen LogP) is 2.72. The molecule has 1 aromatic carbocycles. The van der Waals surface area contributed by atoms with Gasteiger partial charge in [0.05, 0.1) is 13.7 Å². The molecule has 1 atom stereocenters. The molecule has 0 unspecified atom stereocenters. The van der Waals surface area contributed by atoms with Gasteiger partial charge in [-0.05, 0) is 18.1 Å². The van der Waals surface area contributed by atoms with Crippen molar-refractivity contribution in [2.75, 3.05) is 7.11 Å². The summed E-state index contributed by atoms with van der Waals surface area (Å²) in [5.74, 6) is 0.735. The second-order valence-corrected chi connectivity index (χ2v) is 4.88. The average Bonchev–Trinajstić information content (AvgIpc) is 2.80. The third-order valence-corrected chi connectivity index (χ3v) is 3.09. The highest BCUT2D eigenvalue weighted by Gasteiger charge is 2.22. The van der Waals surface area contributed by atoms with E-state index in [9.17, 15) is 4.79 Å². The second-order valence-electron chi connectivity index (χ2n) is 4.88. The van der Waals surface area contributed by atoms with Crippen molar-refractivity contribution in [3.8, 4) is 0 Å². The predicted molar refractivity (Wildman–Crippen MR) is 73.7 cm³/mol. The average molecular weight is 261 g/mol. The first-order valence-corrected chi connectivity index (χ1v) is 6.40. The molecule has 2 aromatic rings. The van der Waals surface area contributed by atoms with Crippen LogP contribution in [0.15, 0.2) is 34.7 Å². The van der Waals surface area contributed by atoms with Crippen molar-refractivity contribution in [2.45, 2.75) is 26.4 Å². The Morgan fingerprint density at radius 3 is 2.74 bits per heavy atom. The van der Waals surface area contributed by atoms with Gasteiger partial charge >= 0.3 is 5.97 Å². The van der Waals surface area contributed by atoms with Crippen molar-refractivity contribution in [1.82, 2.24) is 5.32 Å². The molecule has 102 valence electrons. The van der Waals surface area contributed by atoms with Crippen molar-refractivity contribution < 1.29 is 13.9 Å². The number of para-hydroxylation sites is 1. The SMILES string of the molecule is COC(=O)[C@@H](NCc1cc2ccccc2o1)C(C)C. The van der Waals surface area contributed by atoms with Crippen LogP contribution in [0.2, 0.25) is 0 Å². The molecule has 0 saturated carbocycles. The number of hydrogen-bond acceptors (Lipinski definition) is 4. The molecular formula is C15H19NO3. The number of ether oxygens (including phenoxy) is 1. The maximum absolute atomic E-state index is 11.6. The van der Waals surface area contributed by atoms with Gasteiger partial charge in [-0.25, -0.2) is 0 Å². The fourth-order valence-corrected chi connectivity index (χ4v) is 2.05. The van der Waals surface area contributed by atoms with Crippen LogP contribution < -0.4 is 5.32 Å². The monoisotopic (exact) mass is 261 g/mol. The Hall–Kier alpha value is -1.81. The minimum Gasteiger partial charge on any atom is -0.468 e. The quantitative estimate of drug-likeness (QED) is 0.841. The summed E-state index contributed by atoms with van der Waals surface area (Å²) in [4.78, 5) is 11.6. The van der Waals surface area contributed by atoms with E-state index < -0.39 is 0 Å². The minimum atomic E-state index is -0.321. The van der Waals surface area contributed by atoms with E-state index in [-0.39, 0.29) is 17.9 Å². The number of nitrogens with one attached hydrogen (secondary N) is 1. The van der Waals surface area contributed by atoms with Gasteiger partial charge in [0.25, 0.3) is 0 Å². The number of fused-ring (bicyclic) bond motifs is 1. The molecule has 4 heteroatoms. The number of rotatable bonds is 5. The second kappa shape index (κ2) is 5.89. The third-order valence-electron chi connectivity index (χ3n) is 3.09. The van der Waals surface area contributed by atoms with Gasteiger partial charge in [-0.3, -0.25) is 10.1 Å². The molecule has 0 saturated heterocycles. The van der Waals surface area contributed by atoms with E-state index in [0.717, 1.165) is 16.7 Å². The number of furan rings is 1. The van der Waals surface area contributed by atoms with Gasteiger partial charge in [0.2, 0.25) is 0 Å². The summed E-state index contributed by atoms with van der Waals surface area (Å²) < 4.78 is 10.5. The lowest BCUT2D eigenvalue weighted by Gasteiger charge is -2.18. The van der Waals surface area contributed by atoms with E-state index in [2.05, 4.69) is 5.32 Å². The van der Waals surface area contributed by atoms with E-state index in [4.69, 9.17) is 9.15 Å². The minimum absolute atomic E-state index is 0.164. The van der Waals surface area contributed by atoms with Crippen LogP contribution in [0.25, 0.3) is 11.0 Å². The summed E-state index contributed by atoms with van der Waals surface area (Å²) in [6.45, 7) is 4.47. The van der Waals surface area contributed by atoms with Crippen LogP contribution in [0.3, 0.4) is 0 Å². The summed E-state index contributed by atoms with van der Waals surface area (Å²) in [5.41, 5.74) is 0.860. The summed E-state index contributed by atoms with van der Waals surface area (Å²) in [6, 6.07) is 9.51. The van der Waals surface area contributed by atoms with Crippen LogP contribution >= 0.6 is 0 Å². The summed E-state index contributed by atoms with van der Waals surface area (Å²) in [7, 11) is 1.40. The van der Waals surface area contributed by atoms with Gasteiger partial charge in [-0.2, -0.15) is 0 Å². The van der Waals surface area contributed by atoms with Crippen LogP contribution in [0, 0.1) is 5.92 Å². The molecular weight excluding hydrogens is 242 g/mol. The molecule has 0 amide bonds. The molecule has 0 aliphatic carbocycles. The van der Waals surface area contributed by atoms with E-state index in [1.165, 1.54) is 7.11 Å². The fourth-order valence-electron chi connectivity index (χ4n) is 2.05. The lowest BCUT2D eigenvalue weighted by Crippen LogP contribution is -2.41. The Labute approximate surface area is 112 Å². The lowest BCUT2D eigenvalue weighted by atomic mass is 10.0. The van der Waals surface area contributed by atoms with Gasteiger partial charge in [0.1, 0.15) is 17.4 Å². The lowest BCUT2D eigenvalue weighted by molar-refractivity contribution is -0.144. The molecule has 2 rings (SSSR count). The molecule has 0 fully saturated rings. The molecule has 1 aromatic heterocycles. The highest BCUT2D eigenvalue weighted by atomic mass is 16.5. The zero-order valence-electron chi connectivity index (χ0n) is 11.5. The Bertz CT molecular complexity index is 526. The van der Waals surface area contributed by atoms with Crippen molar-refractivity contribution >= 4 is 16.9 Å². The molecule has 0 bridgehead atoms. The standard InChI is InChI=1S/C15H19NO3/c1-10(2)14(15(17)18-3)16-9-12-8-11-6-4-5-7-13(11)19-12/h4-8,10,14,16H,9H2,1-3H3/t14-/m0/s1. The zero-order valence-corrected chi connectivity index (χ0v) is 11.5. The molecule has 0 spiro atoms. The number of hydrogen-bond donors (Lipinski definition) is 1. The van der Waals surface area contributed by atoms with Crippen LogP contribution in [0.4, 0.5) is 0 Å². The van der Waals surface area contributed by atoms with Gasteiger partial charge in [0, 0.05) is 5.39 Å². The maximum Gasteiger partial charge on any atom is 0.323 e. The molecule has 0 aliphatic heterocycles. The first-order valence-electron chi connectivity index (χ1n) is 6.40. The number of benzene rings is 1. The zero-order chi connectivity index (χ0) is 13.8. The summed E-state index contributed by atoms with van der Waals surface area (Å²) >= 11 is 0. The van der Waals surface area contributed by atoms with Gasteiger partial charge in [-0.1, -0.05) is 32.0 Å². The smallest absolute Gasteiger partial charge is 0.323 e. The fraction of sp³-hybridized carbons (Fsp3) is 0.400. The van der Waals surface area contributed by atoms with Gasteiger partial charge in [-0.15, -0.1) is 0 Å². The third kappa shape index (κ3) is 3.15. The number of methoxy groups -OCH3 is 1. The van der Waals surface area contributed by atoms with E-state index >= 15 is 0 Å². The topological polar surface area (TPSA) is 51.5 Å². The number of carbonyl (C=O) groups is 1. The van der Waals surface area contributed by atoms with Gasteiger partial charge < -0.3 is 9.15 Å². The molecule has 1 N–H and O–H groups in total. The van der Waals surface area contributed by atoms with Crippen LogP contribution in [0.5, 0.6) is 0 Å². The molecule has 0 radical (unpaired) electrons. The normalized spacial score (nSPS) is 12.8. The number of esters is 1. The van der Waals surface area contributed by atoms with Crippen molar-refractivity contribution in [3.63, 3.8) is 0 Å². The van der Waals surface area contributed by atoms with Crippen LogP contribution in [0.1, 0.15) is 19.6 Å². The van der Waals surface area contributed by atoms with Crippen molar-refractivity contribution in [3.05, 3.63) is 36.1 Å². The molecule has 4 nitrogen and oxygen atoms in total. The first kappa shape index (κ1) is 13.6. The molecule has 0 aliphatic rings. The highest BCUT2D eigenvalue weighted by molar-refractivity contribution is 5.78. The maximum atomic E-state index is 11.6. The Morgan fingerprint density at radius 2 is 2.11 bits per heavy atom. The Morgan fingerprint density at radius 1 is 1.37 bits per heavy atom. The highest BCUT2D eigenvalue weighted by Crippen LogP contribution is 2.19. The molecule has 19 heavy (non-hydrogen) atoms. The first-order chi connectivity index (χ1) is 9.11.